The Balaban J connectivity index is 0.00000264. The molecule has 1 aromatic carbocycles. The number of rotatable bonds is 6. The first-order valence-electron chi connectivity index (χ1n) is 6.90. The van der Waals surface area contributed by atoms with Crippen molar-refractivity contribution in [1.82, 2.24) is 10.3 Å². The van der Waals surface area contributed by atoms with E-state index in [0.717, 1.165) is 11.4 Å². The number of aryl methyl sites for hydroxylation is 1. The van der Waals surface area contributed by atoms with Crippen LogP contribution in [0.15, 0.2) is 18.3 Å². The minimum Gasteiger partial charge on any atom is -0.496 e. The lowest BCUT2D eigenvalue weighted by Crippen LogP contribution is -2.26. The second-order valence-corrected chi connectivity index (χ2v) is 6.26. The van der Waals surface area contributed by atoms with Gasteiger partial charge in [-0.3, -0.25) is 4.79 Å². The summed E-state index contributed by atoms with van der Waals surface area (Å²) in [6.07, 6.45) is 3.55. The summed E-state index contributed by atoms with van der Waals surface area (Å²) in [6.45, 7) is 2.59. The topological polar surface area (TPSA) is 77.2 Å². The number of ether oxygens (including phenoxy) is 1. The molecule has 0 aliphatic heterocycles. The van der Waals surface area contributed by atoms with Gasteiger partial charge in [0.2, 0.25) is 0 Å². The van der Waals surface area contributed by atoms with Gasteiger partial charge < -0.3 is 15.8 Å². The van der Waals surface area contributed by atoms with E-state index in [1.54, 1.807) is 17.4 Å². The van der Waals surface area contributed by atoms with Crippen LogP contribution in [0.1, 0.15) is 27.2 Å². The van der Waals surface area contributed by atoms with E-state index >= 15 is 0 Å². The molecule has 1 aromatic heterocycles. The predicted octanol–water partition coefficient (Wildman–Crippen LogP) is 3.77. The van der Waals surface area contributed by atoms with Gasteiger partial charge in [0.15, 0.2) is 0 Å². The lowest BCUT2D eigenvalue weighted by Gasteiger charge is -2.11. The molecule has 1 amide bonds. The Labute approximate surface area is 162 Å². The zero-order chi connectivity index (χ0) is 16.1. The Morgan fingerprint density at radius 2 is 2.12 bits per heavy atom. The van der Waals surface area contributed by atoms with Gasteiger partial charge in [0.25, 0.3) is 5.91 Å². The van der Waals surface area contributed by atoms with Crippen molar-refractivity contribution < 1.29 is 9.53 Å². The number of hydrogen-bond donors (Lipinski definition) is 2. The predicted molar refractivity (Wildman–Crippen MR) is 104 cm³/mol. The molecule has 0 unspecified atom stereocenters. The van der Waals surface area contributed by atoms with Gasteiger partial charge in [-0.2, -0.15) is 0 Å². The largest absolute Gasteiger partial charge is 0.496 e. The zero-order valence-corrected chi connectivity index (χ0v) is 16.5. The number of hydrogen-bond acceptors (Lipinski definition) is 5. The van der Waals surface area contributed by atoms with Crippen LogP contribution in [-0.2, 0) is 12.8 Å². The fourth-order valence-corrected chi connectivity index (χ4v) is 2.95. The first-order chi connectivity index (χ1) is 10.5. The Morgan fingerprint density at radius 1 is 1.42 bits per heavy atom. The van der Waals surface area contributed by atoms with Gasteiger partial charge in [-0.25, -0.2) is 4.98 Å². The standard InChI is InChI=1S/C15H18ClN3O2S.2ClH/c1-3-9-8-19-14(22-9)4-5-18-15(20)10-6-11(16)12(17)7-13(10)21-2;;/h6-8H,3-5,17H2,1-2H3,(H,18,20);2*1H. The highest BCUT2D eigenvalue weighted by atomic mass is 35.5. The fraction of sp³-hybridized carbons (Fsp3) is 0.333. The van der Waals surface area contributed by atoms with Crippen LogP contribution in [0.2, 0.25) is 5.02 Å². The van der Waals surface area contributed by atoms with Crippen LogP contribution in [0.5, 0.6) is 5.75 Å². The molecule has 0 aliphatic carbocycles. The molecular formula is C15H20Cl3N3O2S. The maximum absolute atomic E-state index is 12.2. The summed E-state index contributed by atoms with van der Waals surface area (Å²) < 4.78 is 5.18. The molecule has 5 nitrogen and oxygen atoms in total. The number of amides is 1. The molecule has 2 rings (SSSR count). The average Bonchev–Trinajstić information content (AvgIpc) is 2.97. The summed E-state index contributed by atoms with van der Waals surface area (Å²) in [5.74, 6) is 0.160. The van der Waals surface area contributed by atoms with Crippen molar-refractivity contribution in [2.75, 3.05) is 19.4 Å². The Hall–Kier alpha value is -1.21. The molecular weight excluding hydrogens is 393 g/mol. The number of nitrogens with zero attached hydrogens (tertiary/aromatic N) is 1. The summed E-state index contributed by atoms with van der Waals surface area (Å²) in [4.78, 5) is 17.8. The highest BCUT2D eigenvalue weighted by molar-refractivity contribution is 7.11. The molecule has 24 heavy (non-hydrogen) atoms. The van der Waals surface area contributed by atoms with Gasteiger partial charge in [0.05, 0.1) is 28.4 Å². The van der Waals surface area contributed by atoms with Crippen molar-refractivity contribution in [3.63, 3.8) is 0 Å². The van der Waals surface area contributed by atoms with Crippen molar-refractivity contribution in [1.29, 1.82) is 0 Å². The molecule has 0 saturated carbocycles. The molecule has 9 heteroatoms. The van der Waals surface area contributed by atoms with Gasteiger partial charge in [-0.15, -0.1) is 36.2 Å². The Kier molecular flexibility index (Phi) is 10.1. The van der Waals surface area contributed by atoms with E-state index in [9.17, 15) is 4.79 Å². The van der Waals surface area contributed by atoms with Gasteiger partial charge >= 0.3 is 0 Å². The number of anilines is 1. The number of nitrogens with two attached hydrogens (primary N) is 1. The molecule has 2 aromatic rings. The van der Waals surface area contributed by atoms with Gasteiger partial charge in [0.1, 0.15) is 5.75 Å². The first kappa shape index (κ1) is 22.8. The SMILES string of the molecule is CCc1cnc(CCNC(=O)c2cc(Cl)c(N)cc2OC)s1.Cl.Cl. The van der Waals surface area contributed by atoms with E-state index in [2.05, 4.69) is 17.2 Å². The third-order valence-corrected chi connectivity index (χ3v) is 4.67. The Morgan fingerprint density at radius 3 is 2.71 bits per heavy atom. The smallest absolute Gasteiger partial charge is 0.255 e. The van der Waals surface area contributed by atoms with E-state index in [4.69, 9.17) is 22.1 Å². The van der Waals surface area contributed by atoms with Crippen molar-refractivity contribution in [2.24, 2.45) is 0 Å². The molecule has 0 aliphatic rings. The monoisotopic (exact) mass is 411 g/mol. The molecule has 0 atom stereocenters. The van der Waals surface area contributed by atoms with Crippen molar-refractivity contribution in [3.8, 4) is 5.75 Å². The highest BCUT2D eigenvalue weighted by Crippen LogP contribution is 2.28. The maximum Gasteiger partial charge on any atom is 0.255 e. The number of methoxy groups -OCH3 is 1. The van der Waals surface area contributed by atoms with Crippen LogP contribution in [0.4, 0.5) is 5.69 Å². The number of carbonyl (C=O) groups excluding carboxylic acids is 1. The third kappa shape index (κ3) is 5.70. The van der Waals surface area contributed by atoms with E-state index in [1.807, 2.05) is 6.20 Å². The third-order valence-electron chi connectivity index (χ3n) is 3.14. The number of carbonyl (C=O) groups is 1. The van der Waals surface area contributed by atoms with Crippen LogP contribution in [0, 0.1) is 0 Å². The van der Waals surface area contributed by atoms with Gasteiger partial charge in [-0.1, -0.05) is 18.5 Å². The second-order valence-electron chi connectivity index (χ2n) is 4.65. The number of halogens is 3. The normalized spacial score (nSPS) is 9.62. The zero-order valence-electron chi connectivity index (χ0n) is 13.3. The lowest BCUT2D eigenvalue weighted by atomic mass is 10.1. The van der Waals surface area contributed by atoms with Crippen LogP contribution in [-0.4, -0.2) is 24.5 Å². The van der Waals surface area contributed by atoms with Crippen LogP contribution >= 0.6 is 47.8 Å². The maximum atomic E-state index is 12.2. The van der Waals surface area contributed by atoms with E-state index in [-0.39, 0.29) is 30.7 Å². The number of thiazole rings is 1. The highest BCUT2D eigenvalue weighted by Gasteiger charge is 2.14. The molecule has 0 saturated heterocycles. The minimum atomic E-state index is -0.244. The summed E-state index contributed by atoms with van der Waals surface area (Å²) in [5, 5.41) is 4.19. The Bertz CT molecular complexity index is 680. The van der Waals surface area contributed by atoms with E-state index in [1.165, 1.54) is 18.1 Å². The minimum absolute atomic E-state index is 0. The lowest BCUT2D eigenvalue weighted by molar-refractivity contribution is 0.0951. The fourth-order valence-electron chi connectivity index (χ4n) is 1.92. The number of nitrogen functional groups attached to an aromatic ring is 1. The van der Waals surface area contributed by atoms with Gasteiger partial charge in [0, 0.05) is 30.1 Å². The average molecular weight is 413 g/mol. The van der Waals surface area contributed by atoms with Crippen molar-refractivity contribution in [2.45, 2.75) is 19.8 Å². The number of aromatic nitrogens is 1. The molecule has 134 valence electrons. The van der Waals surface area contributed by atoms with E-state index in [0.29, 0.717) is 35.0 Å². The number of nitrogens with one attached hydrogen (secondary N) is 1. The summed E-state index contributed by atoms with van der Waals surface area (Å²) >= 11 is 7.63. The molecule has 1 heterocycles. The van der Waals surface area contributed by atoms with Crippen LogP contribution in [0.25, 0.3) is 0 Å². The van der Waals surface area contributed by atoms with Gasteiger partial charge in [-0.05, 0) is 12.5 Å². The first-order valence-corrected chi connectivity index (χ1v) is 8.09. The number of benzene rings is 1. The second kappa shape index (κ2) is 10.6. The molecule has 0 radical (unpaired) electrons. The van der Waals surface area contributed by atoms with Crippen molar-refractivity contribution in [3.05, 3.63) is 38.8 Å². The summed E-state index contributed by atoms with van der Waals surface area (Å²) in [6, 6.07) is 3.06. The van der Waals surface area contributed by atoms with Crippen LogP contribution in [0.3, 0.4) is 0 Å². The molecule has 3 N–H and O–H groups in total. The molecule has 0 bridgehead atoms. The molecule has 0 fully saturated rings. The van der Waals surface area contributed by atoms with Crippen molar-refractivity contribution >= 4 is 59.3 Å². The van der Waals surface area contributed by atoms with E-state index < -0.39 is 0 Å². The quantitative estimate of drug-likeness (QED) is 0.708. The molecule has 0 spiro atoms. The van der Waals surface area contributed by atoms with Crippen LogP contribution < -0.4 is 15.8 Å². The summed E-state index contributed by atoms with van der Waals surface area (Å²) in [7, 11) is 1.49. The summed E-state index contributed by atoms with van der Waals surface area (Å²) in [5.41, 5.74) is 6.46.